The highest BCUT2D eigenvalue weighted by atomic mass is 79.9. The molecular formula is C23H25BrFN2O5P. The minimum atomic E-state index is -3.43. The molecule has 3 rings (SSSR count). The minimum absolute atomic E-state index is 0. The van der Waals surface area contributed by atoms with Gasteiger partial charge in [0.05, 0.1) is 11.4 Å². The zero-order valence-electron chi connectivity index (χ0n) is 18.3. The van der Waals surface area contributed by atoms with Crippen molar-refractivity contribution >= 4 is 41.4 Å². The maximum absolute atomic E-state index is 13.9. The second kappa shape index (κ2) is 11.4. The Labute approximate surface area is 202 Å². The maximum atomic E-state index is 13.9. The number of halogens is 2. The van der Waals surface area contributed by atoms with Crippen LogP contribution in [0.25, 0.3) is 0 Å². The van der Waals surface area contributed by atoms with Crippen LogP contribution in [0.5, 0.6) is 11.5 Å². The summed E-state index contributed by atoms with van der Waals surface area (Å²) in [6.45, 7) is 4.91. The first kappa shape index (κ1) is 26.5. The van der Waals surface area contributed by atoms with Crippen molar-refractivity contribution in [2.75, 3.05) is 12.0 Å². The van der Waals surface area contributed by atoms with Gasteiger partial charge in [-0.25, -0.2) is 9.37 Å². The fraction of sp³-hybridized carbons (Fsp3) is 0.217. The third kappa shape index (κ3) is 7.67. The Morgan fingerprint density at radius 1 is 1.15 bits per heavy atom. The standard InChI is InChI=1S/C23H24FN2O5P.BrH/c1-15(2)31-19-11-17(10-18(12-19)30-14-16-6-4-5-7-21(16)24)23(27)26-22-9-8-20(13-25-22)32(3,28)29;/h4-13,15H,14H2,1-3H3,(H,28,29)(H,25,26,27);1H. The lowest BCUT2D eigenvalue weighted by Crippen LogP contribution is -2.15. The Balaban J connectivity index is 0.00000385. The molecule has 1 unspecified atom stereocenters. The Hall–Kier alpha value is -2.74. The molecule has 3 aromatic rings. The van der Waals surface area contributed by atoms with E-state index in [1.165, 1.54) is 37.1 Å². The van der Waals surface area contributed by atoms with Crippen molar-refractivity contribution in [2.24, 2.45) is 0 Å². The quantitative estimate of drug-likeness (QED) is 0.394. The van der Waals surface area contributed by atoms with Crippen LogP contribution in [-0.2, 0) is 11.2 Å². The average molecular weight is 539 g/mol. The van der Waals surface area contributed by atoms with Gasteiger partial charge in [-0.2, -0.15) is 0 Å². The molecule has 0 radical (unpaired) electrons. The van der Waals surface area contributed by atoms with Crippen molar-refractivity contribution in [3.05, 3.63) is 77.7 Å². The van der Waals surface area contributed by atoms with E-state index in [2.05, 4.69) is 10.3 Å². The number of anilines is 1. The summed E-state index contributed by atoms with van der Waals surface area (Å²) in [5, 5.41) is 2.82. The highest BCUT2D eigenvalue weighted by molar-refractivity contribution is 8.93. The van der Waals surface area contributed by atoms with Gasteiger partial charge in [-0.15, -0.1) is 17.0 Å². The highest BCUT2D eigenvalue weighted by Crippen LogP contribution is 2.33. The van der Waals surface area contributed by atoms with E-state index in [1.54, 1.807) is 30.3 Å². The number of carbonyl (C=O) groups is 1. The fourth-order valence-corrected chi connectivity index (χ4v) is 3.42. The first-order valence-electron chi connectivity index (χ1n) is 9.88. The average Bonchev–Trinajstić information content (AvgIpc) is 2.72. The Morgan fingerprint density at radius 3 is 2.45 bits per heavy atom. The van der Waals surface area contributed by atoms with E-state index in [4.69, 9.17) is 9.47 Å². The largest absolute Gasteiger partial charge is 0.491 e. The van der Waals surface area contributed by atoms with Gasteiger partial charge in [0, 0.05) is 30.1 Å². The molecule has 0 bridgehead atoms. The molecule has 2 N–H and O–H groups in total. The van der Waals surface area contributed by atoms with Crippen molar-refractivity contribution < 1.29 is 28.1 Å². The van der Waals surface area contributed by atoms with Crippen molar-refractivity contribution in [2.45, 2.75) is 26.6 Å². The van der Waals surface area contributed by atoms with E-state index >= 15 is 0 Å². The third-order valence-corrected chi connectivity index (χ3v) is 5.56. The number of nitrogens with zero attached hydrogens (tertiary/aromatic N) is 1. The number of rotatable bonds is 8. The van der Waals surface area contributed by atoms with Gasteiger partial charge in [0.25, 0.3) is 5.91 Å². The van der Waals surface area contributed by atoms with E-state index in [-0.39, 0.29) is 52.2 Å². The minimum Gasteiger partial charge on any atom is -0.491 e. The predicted octanol–water partition coefficient (Wildman–Crippen LogP) is 4.94. The van der Waals surface area contributed by atoms with Crippen LogP contribution < -0.4 is 20.1 Å². The molecule has 10 heteroatoms. The van der Waals surface area contributed by atoms with Crippen LogP contribution in [0.3, 0.4) is 0 Å². The molecule has 0 fully saturated rings. The summed E-state index contributed by atoms with van der Waals surface area (Å²) in [6, 6.07) is 13.9. The summed E-state index contributed by atoms with van der Waals surface area (Å²) in [6.07, 6.45) is 1.11. The van der Waals surface area contributed by atoms with Crippen molar-refractivity contribution in [1.29, 1.82) is 0 Å². The zero-order valence-corrected chi connectivity index (χ0v) is 20.9. The van der Waals surface area contributed by atoms with Gasteiger partial charge in [0.2, 0.25) is 7.37 Å². The van der Waals surface area contributed by atoms with E-state index in [1.807, 2.05) is 13.8 Å². The number of carbonyl (C=O) groups excluding carboxylic acids is 1. The monoisotopic (exact) mass is 538 g/mol. The smallest absolute Gasteiger partial charge is 0.257 e. The molecule has 2 aromatic carbocycles. The Kier molecular flexibility index (Phi) is 9.16. The van der Waals surface area contributed by atoms with Crippen LogP contribution in [0.4, 0.5) is 10.2 Å². The van der Waals surface area contributed by atoms with Crippen LogP contribution in [-0.4, -0.2) is 28.6 Å². The maximum Gasteiger partial charge on any atom is 0.257 e. The number of ether oxygens (including phenoxy) is 2. The van der Waals surface area contributed by atoms with Gasteiger partial charge in [-0.3, -0.25) is 9.36 Å². The first-order chi connectivity index (χ1) is 15.1. The summed E-state index contributed by atoms with van der Waals surface area (Å²) in [4.78, 5) is 26.4. The van der Waals surface area contributed by atoms with Gasteiger partial charge in [-0.05, 0) is 44.2 Å². The second-order valence-electron chi connectivity index (χ2n) is 7.47. The van der Waals surface area contributed by atoms with Crippen LogP contribution in [0, 0.1) is 5.82 Å². The summed E-state index contributed by atoms with van der Waals surface area (Å²) in [5.74, 6) is 0.128. The second-order valence-corrected chi connectivity index (χ2v) is 9.75. The molecule has 1 amide bonds. The lowest BCUT2D eigenvalue weighted by Gasteiger charge is -2.14. The summed E-state index contributed by atoms with van der Waals surface area (Å²) >= 11 is 0. The van der Waals surface area contributed by atoms with Gasteiger partial charge in [-0.1, -0.05) is 18.2 Å². The lowest BCUT2D eigenvalue weighted by molar-refractivity contribution is 0.102. The zero-order chi connectivity index (χ0) is 23.3. The number of aromatic nitrogens is 1. The SMILES string of the molecule is Br.CC(C)Oc1cc(OCc2ccccc2F)cc(C(=O)Nc2ccc(P(C)(=O)O)cn2)c1. The lowest BCUT2D eigenvalue weighted by atomic mass is 10.1. The van der Waals surface area contributed by atoms with E-state index < -0.39 is 13.3 Å². The summed E-state index contributed by atoms with van der Waals surface area (Å²) in [7, 11) is -3.43. The molecule has 0 aliphatic carbocycles. The molecule has 0 aliphatic rings. The Bertz CT molecular complexity index is 1150. The third-order valence-electron chi connectivity index (χ3n) is 4.33. The van der Waals surface area contributed by atoms with Crippen molar-refractivity contribution in [3.8, 4) is 11.5 Å². The van der Waals surface area contributed by atoms with Crippen LogP contribution in [0.2, 0.25) is 0 Å². The van der Waals surface area contributed by atoms with Crippen molar-refractivity contribution in [3.63, 3.8) is 0 Å². The highest BCUT2D eigenvalue weighted by Gasteiger charge is 2.16. The van der Waals surface area contributed by atoms with E-state index in [0.717, 1.165) is 0 Å². The molecular weight excluding hydrogens is 514 g/mol. The molecule has 33 heavy (non-hydrogen) atoms. The molecule has 1 aromatic heterocycles. The van der Waals surface area contributed by atoms with Gasteiger partial charge in [0.15, 0.2) is 0 Å². The van der Waals surface area contributed by atoms with Gasteiger partial charge in [0.1, 0.15) is 29.7 Å². The molecule has 0 spiro atoms. The van der Waals surface area contributed by atoms with E-state index in [0.29, 0.717) is 17.1 Å². The van der Waals surface area contributed by atoms with Crippen molar-refractivity contribution in [1.82, 2.24) is 4.98 Å². The number of nitrogens with one attached hydrogen (secondary N) is 1. The van der Waals surface area contributed by atoms with Gasteiger partial charge >= 0.3 is 0 Å². The first-order valence-corrected chi connectivity index (χ1v) is 12.0. The number of hydrogen-bond acceptors (Lipinski definition) is 5. The van der Waals surface area contributed by atoms with E-state index in [9.17, 15) is 18.6 Å². The molecule has 0 saturated heterocycles. The van der Waals surface area contributed by atoms with Gasteiger partial charge < -0.3 is 19.7 Å². The molecule has 7 nitrogen and oxygen atoms in total. The van der Waals surface area contributed by atoms with Crippen LogP contribution in [0.1, 0.15) is 29.8 Å². The normalized spacial score (nSPS) is 12.4. The summed E-state index contributed by atoms with van der Waals surface area (Å²) < 4.78 is 37.0. The fourth-order valence-electron chi connectivity index (χ4n) is 2.80. The topological polar surface area (TPSA) is 97.8 Å². The molecule has 1 heterocycles. The number of benzene rings is 2. The predicted molar refractivity (Wildman–Crippen MR) is 131 cm³/mol. The molecule has 176 valence electrons. The number of amides is 1. The van der Waals surface area contributed by atoms with Crippen LogP contribution in [0.15, 0.2) is 60.8 Å². The van der Waals surface area contributed by atoms with Crippen LogP contribution >= 0.6 is 24.4 Å². The Morgan fingerprint density at radius 2 is 1.85 bits per heavy atom. The number of pyridine rings is 1. The molecule has 1 atom stereocenters. The number of hydrogen-bond donors (Lipinski definition) is 2. The summed E-state index contributed by atoms with van der Waals surface area (Å²) in [5.41, 5.74) is 0.635. The molecule has 0 saturated carbocycles. The molecule has 0 aliphatic heterocycles.